The molecule has 230 valence electrons. The first kappa shape index (κ1) is 33.3. The van der Waals surface area contributed by atoms with Gasteiger partial charge in [-0.2, -0.15) is 0 Å². The van der Waals surface area contributed by atoms with Gasteiger partial charge in [0.2, 0.25) is 11.8 Å². The second-order valence-corrected chi connectivity index (χ2v) is 13.3. The zero-order valence-electron chi connectivity index (χ0n) is 24.0. The average molecular weight is 673 g/mol. The van der Waals surface area contributed by atoms with E-state index in [1.54, 1.807) is 42.5 Å². The summed E-state index contributed by atoms with van der Waals surface area (Å²) in [6.07, 6.45) is 0.905. The van der Waals surface area contributed by atoms with Crippen molar-refractivity contribution in [2.75, 3.05) is 17.4 Å². The second kappa shape index (κ2) is 15.4. The predicted octanol–water partition coefficient (Wildman–Crippen LogP) is 7.01. The molecule has 0 spiro atoms. The van der Waals surface area contributed by atoms with Gasteiger partial charge in [0.15, 0.2) is 0 Å². The maximum atomic E-state index is 14.4. The van der Waals surface area contributed by atoms with Crippen LogP contribution in [0, 0.1) is 0 Å². The molecule has 2 amide bonds. The Bertz CT molecular complexity index is 1670. The molecule has 4 aromatic carbocycles. The van der Waals surface area contributed by atoms with Crippen LogP contribution in [0.3, 0.4) is 0 Å². The van der Waals surface area contributed by atoms with Gasteiger partial charge >= 0.3 is 0 Å². The van der Waals surface area contributed by atoms with Crippen LogP contribution in [0.4, 0.5) is 5.69 Å². The van der Waals surface area contributed by atoms with Crippen molar-refractivity contribution in [2.24, 2.45) is 0 Å². The molecule has 4 aromatic rings. The Balaban J connectivity index is 1.81. The highest BCUT2D eigenvalue weighted by Crippen LogP contribution is 2.30. The molecule has 0 heterocycles. The van der Waals surface area contributed by atoms with E-state index in [0.717, 1.165) is 9.87 Å². The molecule has 4 rings (SSSR count). The summed E-state index contributed by atoms with van der Waals surface area (Å²) in [5.41, 5.74) is 1.62. The lowest BCUT2D eigenvalue weighted by Crippen LogP contribution is -2.53. The third-order valence-electron chi connectivity index (χ3n) is 6.81. The van der Waals surface area contributed by atoms with Gasteiger partial charge in [-0.1, -0.05) is 102 Å². The largest absolute Gasteiger partial charge is 0.354 e. The molecular weight excluding hydrogens is 641 g/mol. The van der Waals surface area contributed by atoms with Crippen LogP contribution in [0.5, 0.6) is 0 Å². The van der Waals surface area contributed by atoms with Crippen molar-refractivity contribution >= 4 is 62.3 Å². The van der Waals surface area contributed by atoms with Crippen LogP contribution in [0.1, 0.15) is 24.5 Å². The smallest absolute Gasteiger partial charge is 0.264 e. The minimum atomic E-state index is -4.27. The van der Waals surface area contributed by atoms with Crippen LogP contribution < -0.4 is 9.62 Å². The number of carbonyl (C=O) groups excluding carboxylic acids is 2. The standard InChI is InChI=1S/C33H32Cl3N3O4S/c1-2-16-37-33(41)31(18-24-10-5-3-6-11-24)38(22-25-12-9-13-26(34)17-25)32(40)23-39(29-20-27(35)19-28(36)21-29)44(42,43)30-14-7-4-8-15-30/h3-15,17,19-21,31H,2,16,18,22-23H2,1H3,(H,37,41). The van der Waals surface area contributed by atoms with Crippen molar-refractivity contribution in [1.82, 2.24) is 10.2 Å². The maximum Gasteiger partial charge on any atom is 0.264 e. The Morgan fingerprint density at radius 1 is 0.773 bits per heavy atom. The van der Waals surface area contributed by atoms with Crippen LogP contribution in [-0.4, -0.2) is 44.3 Å². The molecule has 0 aromatic heterocycles. The first-order chi connectivity index (χ1) is 21.1. The Kier molecular flexibility index (Phi) is 11.7. The number of anilines is 1. The molecule has 0 saturated carbocycles. The van der Waals surface area contributed by atoms with E-state index in [9.17, 15) is 18.0 Å². The van der Waals surface area contributed by atoms with Crippen LogP contribution in [0.2, 0.25) is 15.1 Å². The number of carbonyl (C=O) groups is 2. The molecule has 0 saturated heterocycles. The number of amides is 2. The summed E-state index contributed by atoms with van der Waals surface area (Å²) in [4.78, 5) is 29.5. The lowest BCUT2D eigenvalue weighted by atomic mass is 10.0. The van der Waals surface area contributed by atoms with Gasteiger partial charge in [-0.15, -0.1) is 0 Å². The number of rotatable bonds is 13. The fourth-order valence-electron chi connectivity index (χ4n) is 4.68. The normalized spacial score (nSPS) is 11.9. The number of hydrogen-bond acceptors (Lipinski definition) is 4. The minimum absolute atomic E-state index is 0.00592. The van der Waals surface area contributed by atoms with Gasteiger partial charge in [0.1, 0.15) is 12.6 Å². The Hall–Kier alpha value is -3.56. The number of sulfonamides is 1. The van der Waals surface area contributed by atoms with Gasteiger partial charge in [-0.25, -0.2) is 8.42 Å². The summed E-state index contributed by atoms with van der Waals surface area (Å²) in [5, 5.41) is 3.78. The van der Waals surface area contributed by atoms with Crippen LogP contribution in [-0.2, 0) is 32.6 Å². The van der Waals surface area contributed by atoms with Gasteiger partial charge in [0.05, 0.1) is 10.6 Å². The Morgan fingerprint density at radius 3 is 2.00 bits per heavy atom. The van der Waals surface area contributed by atoms with E-state index in [1.165, 1.54) is 35.2 Å². The highest BCUT2D eigenvalue weighted by atomic mass is 35.5. The van der Waals surface area contributed by atoms with E-state index < -0.39 is 28.5 Å². The molecule has 1 atom stereocenters. The zero-order chi connectivity index (χ0) is 31.7. The molecule has 7 nitrogen and oxygen atoms in total. The topological polar surface area (TPSA) is 86.8 Å². The monoisotopic (exact) mass is 671 g/mol. The molecule has 0 aliphatic rings. The van der Waals surface area contributed by atoms with Crippen LogP contribution >= 0.6 is 34.8 Å². The van der Waals surface area contributed by atoms with E-state index >= 15 is 0 Å². The third kappa shape index (κ3) is 8.76. The Morgan fingerprint density at radius 2 is 1.39 bits per heavy atom. The van der Waals surface area contributed by atoms with Gasteiger partial charge in [-0.05, 0) is 60.0 Å². The molecule has 44 heavy (non-hydrogen) atoms. The minimum Gasteiger partial charge on any atom is -0.354 e. The summed E-state index contributed by atoms with van der Waals surface area (Å²) in [7, 11) is -4.27. The zero-order valence-corrected chi connectivity index (χ0v) is 27.1. The maximum absolute atomic E-state index is 14.4. The fraction of sp³-hybridized carbons (Fsp3) is 0.212. The third-order valence-corrected chi connectivity index (χ3v) is 9.27. The average Bonchev–Trinajstić information content (AvgIpc) is 3.00. The molecular formula is C33H32Cl3N3O4S. The van der Waals surface area contributed by atoms with Crippen LogP contribution in [0.15, 0.2) is 108 Å². The molecule has 0 radical (unpaired) electrons. The van der Waals surface area contributed by atoms with Crippen molar-refractivity contribution in [3.63, 3.8) is 0 Å². The van der Waals surface area contributed by atoms with Crippen molar-refractivity contribution in [3.8, 4) is 0 Å². The molecule has 0 bridgehead atoms. The number of nitrogens with one attached hydrogen (secondary N) is 1. The second-order valence-electron chi connectivity index (χ2n) is 10.1. The van der Waals surface area contributed by atoms with Gasteiger partial charge in [-0.3, -0.25) is 13.9 Å². The van der Waals surface area contributed by atoms with E-state index in [0.29, 0.717) is 23.6 Å². The quantitative estimate of drug-likeness (QED) is 0.166. The summed E-state index contributed by atoms with van der Waals surface area (Å²) >= 11 is 18.8. The molecule has 1 unspecified atom stereocenters. The fourth-order valence-corrected chi connectivity index (χ4v) is 6.83. The van der Waals surface area contributed by atoms with E-state index in [-0.39, 0.29) is 39.5 Å². The Labute approximate surface area is 273 Å². The summed E-state index contributed by atoms with van der Waals surface area (Å²) in [5.74, 6) is -0.956. The first-order valence-corrected chi connectivity index (χ1v) is 16.6. The summed E-state index contributed by atoms with van der Waals surface area (Å²) < 4.78 is 29.0. The van der Waals surface area contributed by atoms with Gasteiger partial charge in [0, 0.05) is 34.6 Å². The molecule has 0 aliphatic heterocycles. The van der Waals surface area contributed by atoms with Crippen molar-refractivity contribution in [3.05, 3.63) is 129 Å². The molecule has 0 aliphatic carbocycles. The SMILES string of the molecule is CCCNC(=O)C(Cc1ccccc1)N(Cc1cccc(Cl)c1)C(=O)CN(c1cc(Cl)cc(Cl)c1)S(=O)(=O)c1ccccc1. The van der Waals surface area contributed by atoms with E-state index in [4.69, 9.17) is 34.8 Å². The number of nitrogens with zero attached hydrogens (tertiary/aromatic N) is 2. The lowest BCUT2D eigenvalue weighted by molar-refractivity contribution is -0.140. The van der Waals surface area contributed by atoms with Crippen molar-refractivity contribution in [2.45, 2.75) is 37.2 Å². The molecule has 0 fully saturated rings. The highest BCUT2D eigenvalue weighted by Gasteiger charge is 2.34. The van der Waals surface area contributed by atoms with E-state index in [1.807, 2.05) is 37.3 Å². The van der Waals surface area contributed by atoms with Crippen LogP contribution in [0.25, 0.3) is 0 Å². The number of hydrogen-bond donors (Lipinski definition) is 1. The van der Waals surface area contributed by atoms with Gasteiger partial charge in [0.25, 0.3) is 10.0 Å². The number of halogens is 3. The summed E-state index contributed by atoms with van der Waals surface area (Å²) in [6.45, 7) is 1.73. The van der Waals surface area contributed by atoms with Gasteiger partial charge < -0.3 is 10.2 Å². The predicted molar refractivity (Wildman–Crippen MR) is 177 cm³/mol. The van der Waals surface area contributed by atoms with Crippen molar-refractivity contribution in [1.29, 1.82) is 0 Å². The van der Waals surface area contributed by atoms with E-state index in [2.05, 4.69) is 5.32 Å². The van der Waals surface area contributed by atoms with Crippen molar-refractivity contribution < 1.29 is 18.0 Å². The first-order valence-electron chi connectivity index (χ1n) is 14.0. The molecule has 1 N–H and O–H groups in total. The summed E-state index contributed by atoms with van der Waals surface area (Å²) in [6, 6.07) is 27.5. The molecule has 11 heteroatoms. The lowest BCUT2D eigenvalue weighted by Gasteiger charge is -2.34. The number of benzene rings is 4. The highest BCUT2D eigenvalue weighted by molar-refractivity contribution is 7.92.